The van der Waals surface area contributed by atoms with Crippen molar-refractivity contribution in [3.05, 3.63) is 94.1 Å². The van der Waals surface area contributed by atoms with E-state index in [4.69, 9.17) is 27.9 Å². The number of rotatable bonds is 6. The van der Waals surface area contributed by atoms with E-state index >= 15 is 0 Å². The predicted octanol–water partition coefficient (Wildman–Crippen LogP) is 6.07. The van der Waals surface area contributed by atoms with Crippen LogP contribution in [0.4, 0.5) is 0 Å². The monoisotopic (exact) mass is 426 g/mol. The van der Waals surface area contributed by atoms with E-state index in [9.17, 15) is 0 Å². The normalized spacial score (nSPS) is 22.0. The van der Waals surface area contributed by atoms with Gasteiger partial charge >= 0.3 is 0 Å². The lowest BCUT2D eigenvalue weighted by Crippen LogP contribution is -2.33. The summed E-state index contributed by atoms with van der Waals surface area (Å²) in [5, 5.41) is 1.37. The summed E-state index contributed by atoms with van der Waals surface area (Å²) in [6, 6.07) is 22.4. The number of ether oxygens (including phenoxy) is 1. The Labute approximate surface area is 182 Å². The zero-order chi connectivity index (χ0) is 20.3. The van der Waals surface area contributed by atoms with Crippen molar-refractivity contribution in [1.82, 2.24) is 9.88 Å². The minimum atomic E-state index is -0.0517. The Bertz CT molecular complexity index is 931. The van der Waals surface area contributed by atoms with Crippen LogP contribution in [0, 0.1) is 5.41 Å². The molecule has 3 aromatic rings. The quantitative estimate of drug-likeness (QED) is 0.477. The van der Waals surface area contributed by atoms with E-state index < -0.39 is 0 Å². The average Bonchev–Trinajstić information content (AvgIpc) is 3.05. The fourth-order valence-electron chi connectivity index (χ4n) is 4.16. The van der Waals surface area contributed by atoms with Crippen LogP contribution in [0.2, 0.25) is 10.0 Å². The summed E-state index contributed by atoms with van der Waals surface area (Å²) >= 11 is 12.1. The Kier molecular flexibility index (Phi) is 6.09. The van der Waals surface area contributed by atoms with Gasteiger partial charge in [-0.2, -0.15) is 0 Å². The molecule has 0 amide bonds. The highest BCUT2D eigenvalue weighted by Crippen LogP contribution is 2.43. The Morgan fingerprint density at radius 2 is 1.72 bits per heavy atom. The molecule has 0 bridgehead atoms. The second kappa shape index (κ2) is 8.74. The summed E-state index contributed by atoms with van der Waals surface area (Å²) in [6.45, 7) is 5.74. The van der Waals surface area contributed by atoms with Gasteiger partial charge in [0.1, 0.15) is 0 Å². The molecule has 29 heavy (non-hydrogen) atoms. The van der Waals surface area contributed by atoms with Crippen LogP contribution >= 0.6 is 23.2 Å². The smallest absolute Gasteiger partial charge is 0.213 e. The maximum absolute atomic E-state index is 6.13. The van der Waals surface area contributed by atoms with Crippen LogP contribution in [-0.4, -0.2) is 29.6 Å². The SMILES string of the molecule is CC1(COc2ccc(Cl)cn2)CN(Cc2ccccc2)CC1c1ccc(Cl)cc1. The van der Waals surface area contributed by atoms with Gasteiger partial charge in [-0.1, -0.05) is 72.6 Å². The summed E-state index contributed by atoms with van der Waals surface area (Å²) in [5.41, 5.74) is 2.57. The largest absolute Gasteiger partial charge is 0.477 e. The van der Waals surface area contributed by atoms with Gasteiger partial charge < -0.3 is 4.74 Å². The number of benzene rings is 2. The third-order valence-corrected chi connectivity index (χ3v) is 6.11. The first kappa shape index (κ1) is 20.2. The van der Waals surface area contributed by atoms with Gasteiger partial charge in [0.15, 0.2) is 0 Å². The van der Waals surface area contributed by atoms with Crippen molar-refractivity contribution < 1.29 is 4.74 Å². The number of halogens is 2. The molecule has 2 heterocycles. The van der Waals surface area contributed by atoms with Gasteiger partial charge in [0.25, 0.3) is 0 Å². The highest BCUT2D eigenvalue weighted by Gasteiger charge is 2.44. The molecule has 1 fully saturated rings. The Morgan fingerprint density at radius 3 is 2.41 bits per heavy atom. The summed E-state index contributed by atoms with van der Waals surface area (Å²) in [6.07, 6.45) is 1.62. The lowest BCUT2D eigenvalue weighted by molar-refractivity contribution is 0.145. The highest BCUT2D eigenvalue weighted by molar-refractivity contribution is 6.30. The van der Waals surface area contributed by atoms with E-state index in [0.29, 0.717) is 23.4 Å². The molecule has 0 radical (unpaired) electrons. The molecule has 0 aliphatic carbocycles. The zero-order valence-electron chi connectivity index (χ0n) is 16.4. The fraction of sp³-hybridized carbons (Fsp3) is 0.292. The van der Waals surface area contributed by atoms with Gasteiger partial charge in [-0.3, -0.25) is 4.90 Å². The number of hydrogen-bond acceptors (Lipinski definition) is 3. The van der Waals surface area contributed by atoms with E-state index in [2.05, 4.69) is 59.3 Å². The number of hydrogen-bond donors (Lipinski definition) is 0. The lowest BCUT2D eigenvalue weighted by atomic mass is 9.77. The maximum Gasteiger partial charge on any atom is 0.213 e. The molecule has 2 atom stereocenters. The van der Waals surface area contributed by atoms with Crippen LogP contribution in [0.3, 0.4) is 0 Å². The van der Waals surface area contributed by atoms with Gasteiger partial charge in [0.05, 0.1) is 11.6 Å². The summed E-state index contributed by atoms with van der Waals surface area (Å²) < 4.78 is 6.10. The van der Waals surface area contributed by atoms with Crippen LogP contribution in [0.25, 0.3) is 0 Å². The number of pyridine rings is 1. The summed E-state index contributed by atoms with van der Waals surface area (Å²) in [5.74, 6) is 0.947. The van der Waals surface area contributed by atoms with Gasteiger partial charge in [0.2, 0.25) is 5.88 Å². The van der Waals surface area contributed by atoms with Crippen molar-refractivity contribution >= 4 is 23.2 Å². The average molecular weight is 427 g/mol. The first-order valence-corrected chi connectivity index (χ1v) is 10.5. The van der Waals surface area contributed by atoms with Crippen molar-refractivity contribution in [3.63, 3.8) is 0 Å². The first-order valence-electron chi connectivity index (χ1n) is 9.78. The Morgan fingerprint density at radius 1 is 1.00 bits per heavy atom. The minimum Gasteiger partial charge on any atom is -0.477 e. The number of aromatic nitrogens is 1. The van der Waals surface area contributed by atoms with Crippen LogP contribution < -0.4 is 4.74 Å². The second-order valence-corrected chi connectivity index (χ2v) is 8.89. The van der Waals surface area contributed by atoms with Crippen LogP contribution in [0.15, 0.2) is 72.9 Å². The molecule has 0 spiro atoms. The van der Waals surface area contributed by atoms with Crippen LogP contribution in [0.1, 0.15) is 24.0 Å². The molecule has 2 aromatic carbocycles. The third-order valence-electron chi connectivity index (χ3n) is 5.64. The molecule has 1 saturated heterocycles. The van der Waals surface area contributed by atoms with Gasteiger partial charge in [-0.25, -0.2) is 4.98 Å². The predicted molar refractivity (Wildman–Crippen MR) is 119 cm³/mol. The van der Waals surface area contributed by atoms with Crippen molar-refractivity contribution in [1.29, 1.82) is 0 Å². The molecule has 1 aliphatic rings. The first-order chi connectivity index (χ1) is 14.0. The van der Waals surface area contributed by atoms with Crippen molar-refractivity contribution in [2.45, 2.75) is 19.4 Å². The molecular formula is C24H24Cl2N2O. The molecule has 5 heteroatoms. The minimum absolute atomic E-state index is 0.0517. The maximum atomic E-state index is 6.13. The van der Waals surface area contributed by atoms with Crippen molar-refractivity contribution in [2.75, 3.05) is 19.7 Å². The molecule has 1 aliphatic heterocycles. The van der Waals surface area contributed by atoms with Crippen LogP contribution in [-0.2, 0) is 6.54 Å². The molecule has 3 nitrogen and oxygen atoms in total. The lowest BCUT2D eigenvalue weighted by Gasteiger charge is -2.30. The van der Waals surface area contributed by atoms with E-state index in [1.807, 2.05) is 18.2 Å². The highest BCUT2D eigenvalue weighted by atomic mass is 35.5. The zero-order valence-corrected chi connectivity index (χ0v) is 17.9. The third kappa shape index (κ3) is 4.92. The van der Waals surface area contributed by atoms with Crippen molar-refractivity contribution in [3.8, 4) is 5.88 Å². The number of likely N-dealkylation sites (tertiary alicyclic amines) is 1. The Hall–Kier alpha value is -2.07. The number of nitrogens with zero attached hydrogens (tertiary/aromatic N) is 2. The standard InChI is InChI=1S/C24H24Cl2N2O/c1-24(17-29-23-12-11-21(26)13-27-23)16-28(14-18-5-3-2-4-6-18)15-22(24)19-7-9-20(25)10-8-19/h2-13,22H,14-17H2,1H3. The molecule has 2 unspecified atom stereocenters. The molecule has 150 valence electrons. The fourth-order valence-corrected chi connectivity index (χ4v) is 4.40. The topological polar surface area (TPSA) is 25.4 Å². The van der Waals surface area contributed by atoms with E-state index in [-0.39, 0.29) is 5.41 Å². The van der Waals surface area contributed by atoms with Gasteiger partial charge in [-0.15, -0.1) is 0 Å². The van der Waals surface area contributed by atoms with Crippen LogP contribution in [0.5, 0.6) is 5.88 Å². The van der Waals surface area contributed by atoms with Crippen molar-refractivity contribution in [2.24, 2.45) is 5.41 Å². The van der Waals surface area contributed by atoms with Gasteiger partial charge in [-0.05, 0) is 29.3 Å². The Balaban J connectivity index is 1.54. The molecule has 4 rings (SSSR count). The molecule has 1 aromatic heterocycles. The molecule has 0 saturated carbocycles. The van der Waals surface area contributed by atoms with Gasteiger partial charge in [0, 0.05) is 48.3 Å². The summed E-state index contributed by atoms with van der Waals surface area (Å²) in [7, 11) is 0. The summed E-state index contributed by atoms with van der Waals surface area (Å²) in [4.78, 5) is 6.79. The second-order valence-electron chi connectivity index (χ2n) is 8.02. The van der Waals surface area contributed by atoms with E-state index in [1.165, 1.54) is 11.1 Å². The molecular weight excluding hydrogens is 403 g/mol. The van der Waals surface area contributed by atoms with E-state index in [1.54, 1.807) is 12.3 Å². The van der Waals surface area contributed by atoms with E-state index in [0.717, 1.165) is 24.7 Å². The molecule has 0 N–H and O–H groups in total.